The number of carbonyl (C=O) groups excluding carboxylic acids is 1. The van der Waals surface area contributed by atoms with E-state index in [0.29, 0.717) is 36.5 Å². The highest BCUT2D eigenvalue weighted by molar-refractivity contribution is 7.89. The smallest absolute Gasteiger partial charge is 0.243 e. The predicted octanol–water partition coefficient (Wildman–Crippen LogP) is 3.33. The van der Waals surface area contributed by atoms with Gasteiger partial charge in [0.15, 0.2) is 0 Å². The van der Waals surface area contributed by atoms with Crippen LogP contribution in [-0.4, -0.2) is 48.4 Å². The molecule has 4 rings (SSSR count). The largest absolute Gasteiger partial charge is 0.495 e. The number of hydrogen-bond donors (Lipinski definition) is 1. The van der Waals surface area contributed by atoms with Crippen molar-refractivity contribution in [2.24, 2.45) is 7.05 Å². The van der Waals surface area contributed by atoms with Gasteiger partial charge in [-0.25, -0.2) is 13.4 Å². The Labute approximate surface area is 188 Å². The summed E-state index contributed by atoms with van der Waals surface area (Å²) in [6.45, 7) is 1.13. The topological polar surface area (TPSA) is 93.5 Å². The number of anilines is 1. The molecule has 2 aromatic carbocycles. The number of imidazole rings is 1. The SMILES string of the molecule is COc1ccccc1NC(=O)CCc1nc2cc(S(=O)(=O)N3CCCCC3)ccc2n1C. The van der Waals surface area contributed by atoms with Gasteiger partial charge in [0.05, 0.1) is 28.7 Å². The maximum absolute atomic E-state index is 13.0. The first-order chi connectivity index (χ1) is 15.4. The molecule has 1 fully saturated rings. The first kappa shape index (κ1) is 22.3. The van der Waals surface area contributed by atoms with E-state index in [2.05, 4.69) is 10.3 Å². The van der Waals surface area contributed by atoms with Crippen molar-refractivity contribution in [3.8, 4) is 5.75 Å². The van der Waals surface area contributed by atoms with Crippen LogP contribution in [0, 0.1) is 0 Å². The number of rotatable bonds is 7. The van der Waals surface area contributed by atoms with E-state index >= 15 is 0 Å². The van der Waals surface area contributed by atoms with Crippen LogP contribution in [0.25, 0.3) is 11.0 Å². The summed E-state index contributed by atoms with van der Waals surface area (Å²) >= 11 is 0. The highest BCUT2D eigenvalue weighted by Crippen LogP contribution is 2.26. The number of hydrogen-bond acceptors (Lipinski definition) is 5. The van der Waals surface area contributed by atoms with Crippen LogP contribution in [0.5, 0.6) is 5.75 Å². The molecule has 0 radical (unpaired) electrons. The number of nitrogens with zero attached hydrogens (tertiary/aromatic N) is 3. The Kier molecular flexibility index (Phi) is 6.48. The van der Waals surface area contributed by atoms with Crippen molar-refractivity contribution in [1.29, 1.82) is 0 Å². The minimum atomic E-state index is -3.52. The van der Waals surface area contributed by atoms with Gasteiger partial charge in [-0.2, -0.15) is 4.31 Å². The van der Waals surface area contributed by atoms with E-state index in [1.807, 2.05) is 23.7 Å². The third kappa shape index (κ3) is 4.49. The molecule has 0 bridgehead atoms. The molecule has 8 nitrogen and oxygen atoms in total. The van der Waals surface area contributed by atoms with Gasteiger partial charge in [0, 0.05) is 33.0 Å². The first-order valence-electron chi connectivity index (χ1n) is 10.8. The van der Waals surface area contributed by atoms with Gasteiger partial charge in [0.25, 0.3) is 0 Å². The van der Waals surface area contributed by atoms with Crippen molar-refractivity contribution in [2.75, 3.05) is 25.5 Å². The van der Waals surface area contributed by atoms with E-state index < -0.39 is 10.0 Å². The second-order valence-corrected chi connectivity index (χ2v) is 9.89. The Bertz CT molecular complexity index is 1230. The van der Waals surface area contributed by atoms with Crippen molar-refractivity contribution in [3.63, 3.8) is 0 Å². The summed E-state index contributed by atoms with van der Waals surface area (Å²) < 4.78 is 34.7. The number of ether oxygens (including phenoxy) is 1. The van der Waals surface area contributed by atoms with Gasteiger partial charge in [0.1, 0.15) is 11.6 Å². The molecule has 1 N–H and O–H groups in total. The van der Waals surface area contributed by atoms with Crippen LogP contribution in [-0.2, 0) is 28.3 Å². The van der Waals surface area contributed by atoms with Crippen LogP contribution in [0.1, 0.15) is 31.5 Å². The monoisotopic (exact) mass is 456 g/mol. The van der Waals surface area contributed by atoms with E-state index in [1.165, 1.54) is 0 Å². The zero-order chi connectivity index (χ0) is 22.7. The highest BCUT2D eigenvalue weighted by atomic mass is 32.2. The molecule has 9 heteroatoms. The molecule has 1 amide bonds. The number of piperidine rings is 1. The predicted molar refractivity (Wildman–Crippen MR) is 123 cm³/mol. The fourth-order valence-corrected chi connectivity index (χ4v) is 5.59. The van der Waals surface area contributed by atoms with E-state index in [-0.39, 0.29) is 17.2 Å². The molecule has 1 saturated heterocycles. The van der Waals surface area contributed by atoms with Gasteiger partial charge >= 0.3 is 0 Å². The molecule has 0 atom stereocenters. The lowest BCUT2D eigenvalue weighted by Gasteiger charge is -2.25. The minimum Gasteiger partial charge on any atom is -0.495 e. The summed E-state index contributed by atoms with van der Waals surface area (Å²) in [7, 11) is -0.0797. The molecule has 32 heavy (non-hydrogen) atoms. The van der Waals surface area contributed by atoms with Gasteiger partial charge in [-0.05, 0) is 43.2 Å². The van der Waals surface area contributed by atoms with Crippen molar-refractivity contribution < 1.29 is 17.9 Å². The van der Waals surface area contributed by atoms with Crippen molar-refractivity contribution in [2.45, 2.75) is 37.0 Å². The van der Waals surface area contributed by atoms with E-state index in [0.717, 1.165) is 30.6 Å². The molecule has 3 aromatic rings. The Morgan fingerprint density at radius 1 is 1.12 bits per heavy atom. The number of amides is 1. The molecule has 0 spiro atoms. The van der Waals surface area contributed by atoms with Crippen LogP contribution in [0.15, 0.2) is 47.4 Å². The molecule has 0 aliphatic carbocycles. The summed E-state index contributed by atoms with van der Waals surface area (Å²) in [6, 6.07) is 12.3. The fraction of sp³-hybridized carbons (Fsp3) is 0.391. The second-order valence-electron chi connectivity index (χ2n) is 7.95. The summed E-state index contributed by atoms with van der Waals surface area (Å²) in [5.41, 5.74) is 2.08. The number of carbonyl (C=O) groups is 1. The number of aromatic nitrogens is 2. The molecule has 170 valence electrons. The molecule has 1 aliphatic heterocycles. The number of aryl methyl sites for hydroxylation is 2. The number of nitrogens with one attached hydrogen (secondary N) is 1. The zero-order valence-corrected chi connectivity index (χ0v) is 19.2. The van der Waals surface area contributed by atoms with Gasteiger partial charge < -0.3 is 14.6 Å². The summed E-state index contributed by atoms with van der Waals surface area (Å²) in [5.74, 6) is 1.18. The normalized spacial score (nSPS) is 15.1. The molecule has 0 saturated carbocycles. The average Bonchev–Trinajstić information content (AvgIpc) is 3.13. The quantitative estimate of drug-likeness (QED) is 0.589. The van der Waals surface area contributed by atoms with Crippen molar-refractivity contribution >= 4 is 32.7 Å². The number of sulfonamides is 1. The average molecular weight is 457 g/mol. The zero-order valence-electron chi connectivity index (χ0n) is 18.4. The standard InChI is InChI=1S/C23H28N4O4S/c1-26-20-11-10-17(32(29,30)27-14-6-3-7-15-27)16-19(20)24-22(26)12-13-23(28)25-18-8-4-5-9-21(18)31-2/h4-5,8-11,16H,3,6-7,12-15H2,1-2H3,(H,25,28). The van der Waals surface area contributed by atoms with Crippen LogP contribution in [0.2, 0.25) is 0 Å². The van der Waals surface area contributed by atoms with E-state index in [1.54, 1.807) is 41.7 Å². The number of benzene rings is 2. The summed E-state index contributed by atoms with van der Waals surface area (Å²) in [5, 5.41) is 2.86. The van der Waals surface area contributed by atoms with Crippen LogP contribution >= 0.6 is 0 Å². The third-order valence-corrected chi connectivity index (χ3v) is 7.75. The number of methoxy groups -OCH3 is 1. The van der Waals surface area contributed by atoms with Crippen LogP contribution in [0.4, 0.5) is 5.69 Å². The molecule has 0 unspecified atom stereocenters. The van der Waals surface area contributed by atoms with Crippen molar-refractivity contribution in [1.82, 2.24) is 13.9 Å². The maximum atomic E-state index is 13.0. The summed E-state index contributed by atoms with van der Waals surface area (Å²) in [6.07, 6.45) is 3.53. The van der Waals surface area contributed by atoms with Gasteiger partial charge in [-0.3, -0.25) is 4.79 Å². The Morgan fingerprint density at radius 2 is 1.88 bits per heavy atom. The molecular weight excluding hydrogens is 428 g/mol. The Morgan fingerprint density at radius 3 is 2.62 bits per heavy atom. The molecular formula is C23H28N4O4S. The molecule has 2 heterocycles. The van der Waals surface area contributed by atoms with E-state index in [9.17, 15) is 13.2 Å². The van der Waals surface area contributed by atoms with E-state index in [4.69, 9.17) is 4.74 Å². The summed E-state index contributed by atoms with van der Waals surface area (Å²) in [4.78, 5) is 17.3. The minimum absolute atomic E-state index is 0.144. The maximum Gasteiger partial charge on any atom is 0.243 e. The fourth-order valence-electron chi connectivity index (χ4n) is 4.05. The Balaban J connectivity index is 1.49. The lowest BCUT2D eigenvalue weighted by atomic mass is 10.2. The molecule has 1 aromatic heterocycles. The highest BCUT2D eigenvalue weighted by Gasteiger charge is 2.26. The van der Waals surface area contributed by atoms with Crippen LogP contribution < -0.4 is 10.1 Å². The second kappa shape index (κ2) is 9.30. The van der Waals surface area contributed by atoms with Gasteiger partial charge in [-0.15, -0.1) is 0 Å². The third-order valence-electron chi connectivity index (χ3n) is 5.85. The first-order valence-corrected chi connectivity index (χ1v) is 12.2. The van der Waals surface area contributed by atoms with Crippen LogP contribution in [0.3, 0.4) is 0 Å². The Hall–Kier alpha value is -2.91. The van der Waals surface area contributed by atoms with Gasteiger partial charge in [-0.1, -0.05) is 18.6 Å². The lowest BCUT2D eigenvalue weighted by molar-refractivity contribution is -0.116. The molecule has 1 aliphatic rings. The van der Waals surface area contributed by atoms with Crippen molar-refractivity contribution in [3.05, 3.63) is 48.3 Å². The lowest BCUT2D eigenvalue weighted by Crippen LogP contribution is -2.35. The van der Waals surface area contributed by atoms with Gasteiger partial charge in [0.2, 0.25) is 15.9 Å². The number of fused-ring (bicyclic) bond motifs is 1. The number of para-hydroxylation sites is 2.